The summed E-state index contributed by atoms with van der Waals surface area (Å²) in [5, 5.41) is 20.4. The average Bonchev–Trinajstić information content (AvgIpc) is 3.53. The minimum atomic E-state index is -1.67. The number of ketones is 1. The quantitative estimate of drug-likeness (QED) is 0.181. The Morgan fingerprint density at radius 1 is 1.18 bits per heavy atom. The van der Waals surface area contributed by atoms with E-state index in [-0.39, 0.29) is 49.6 Å². The molecule has 0 radical (unpaired) electrons. The highest BCUT2D eigenvalue weighted by atomic mass is 19.1. The Kier molecular flexibility index (Phi) is 10.8. The van der Waals surface area contributed by atoms with Gasteiger partial charge in [-0.05, 0) is 50.5 Å². The van der Waals surface area contributed by atoms with Crippen LogP contribution in [0.15, 0.2) is 23.8 Å². The maximum Gasteiger partial charge on any atom is 0.312 e. The molecule has 4 rings (SSSR count). The van der Waals surface area contributed by atoms with Crippen LogP contribution in [0.2, 0.25) is 0 Å². The Morgan fingerprint density at radius 3 is 2.50 bits per heavy atom. The van der Waals surface area contributed by atoms with Crippen molar-refractivity contribution in [2.24, 2.45) is 29.1 Å². The van der Waals surface area contributed by atoms with Crippen molar-refractivity contribution in [2.45, 2.75) is 110 Å². The summed E-state index contributed by atoms with van der Waals surface area (Å²) < 4.78 is 37.0. The fourth-order valence-corrected chi connectivity index (χ4v) is 6.47. The van der Waals surface area contributed by atoms with Crippen LogP contribution in [-0.2, 0) is 38.2 Å². The molecule has 0 amide bonds. The van der Waals surface area contributed by atoms with E-state index in [4.69, 9.17) is 18.9 Å². The van der Waals surface area contributed by atoms with E-state index >= 15 is 0 Å². The van der Waals surface area contributed by atoms with Crippen LogP contribution < -0.4 is 0 Å². The number of allylic oxidation sites excluding steroid dienone is 3. The second-order valence-corrected chi connectivity index (χ2v) is 13.1. The fourth-order valence-electron chi connectivity index (χ4n) is 6.47. The monoisotopic (exact) mass is 625 g/mol. The summed E-state index contributed by atoms with van der Waals surface area (Å²) in [6.45, 7) is 9.10. The standard InChI is InChI=1S/C31H44FNO11/c1-6-31(4,5)30(37)43-29-25-18(11-17(3)26(29)36)8-7-16(2)21(25)10-9-20(34)12-19(32)13-24(35)42-22-14-40-28-23(44-33(38)39)15-41-27(22)28/h7-8,11,16-17,19-23,25,27-29,34H,6,9-10,12-15H2,1-5H3/t16-,17+,19?,20+,21-,22-,23-,25?,27+,28+,29-/m0/s1. The summed E-state index contributed by atoms with van der Waals surface area (Å²) in [7, 11) is 0. The number of hydrogen-bond donors (Lipinski definition) is 1. The van der Waals surface area contributed by atoms with Crippen LogP contribution in [0.1, 0.15) is 66.7 Å². The summed E-state index contributed by atoms with van der Waals surface area (Å²) in [6, 6.07) is 0. The van der Waals surface area contributed by atoms with Gasteiger partial charge < -0.3 is 28.9 Å². The van der Waals surface area contributed by atoms with Crippen molar-refractivity contribution in [1.82, 2.24) is 0 Å². The van der Waals surface area contributed by atoms with Crippen LogP contribution in [0.25, 0.3) is 0 Å². The molecule has 0 aromatic rings. The number of halogens is 1. The van der Waals surface area contributed by atoms with E-state index in [9.17, 15) is 34.0 Å². The second-order valence-electron chi connectivity index (χ2n) is 13.1. The predicted octanol–water partition coefficient (Wildman–Crippen LogP) is 3.46. The number of alkyl halides is 1. The highest BCUT2D eigenvalue weighted by Gasteiger charge is 2.51. The van der Waals surface area contributed by atoms with Crippen molar-refractivity contribution in [3.05, 3.63) is 33.9 Å². The average molecular weight is 626 g/mol. The maximum absolute atomic E-state index is 14.9. The molecule has 44 heavy (non-hydrogen) atoms. The third-order valence-corrected chi connectivity index (χ3v) is 9.50. The number of hydrogen-bond acceptors (Lipinski definition) is 11. The van der Waals surface area contributed by atoms with Gasteiger partial charge in [0.25, 0.3) is 5.09 Å². The first-order valence-corrected chi connectivity index (χ1v) is 15.4. The number of esters is 2. The molecule has 0 bridgehead atoms. The van der Waals surface area contributed by atoms with Gasteiger partial charge in [0.1, 0.15) is 18.4 Å². The molecule has 2 aliphatic heterocycles. The molecule has 2 aliphatic carbocycles. The molecule has 0 aromatic carbocycles. The first-order chi connectivity index (χ1) is 20.7. The van der Waals surface area contributed by atoms with Crippen molar-refractivity contribution in [3.8, 4) is 0 Å². The fraction of sp³-hybridized carbons (Fsp3) is 0.774. The van der Waals surface area contributed by atoms with Crippen LogP contribution in [0.3, 0.4) is 0 Å². The Morgan fingerprint density at radius 2 is 1.84 bits per heavy atom. The van der Waals surface area contributed by atoms with Crippen LogP contribution >= 0.6 is 0 Å². The lowest BCUT2D eigenvalue weighted by Gasteiger charge is -2.43. The minimum Gasteiger partial charge on any atom is -0.457 e. The van der Waals surface area contributed by atoms with Gasteiger partial charge in [0, 0.05) is 18.3 Å². The van der Waals surface area contributed by atoms with Crippen molar-refractivity contribution in [3.63, 3.8) is 0 Å². The van der Waals surface area contributed by atoms with Crippen LogP contribution in [-0.4, -0.2) is 83.9 Å². The van der Waals surface area contributed by atoms with Crippen molar-refractivity contribution in [2.75, 3.05) is 13.2 Å². The number of rotatable bonds is 13. The highest BCUT2D eigenvalue weighted by Crippen LogP contribution is 2.44. The molecule has 2 fully saturated rings. The highest BCUT2D eigenvalue weighted by molar-refractivity contribution is 5.91. The number of nitrogens with zero attached hydrogens (tertiary/aromatic N) is 1. The van der Waals surface area contributed by atoms with Gasteiger partial charge in [-0.1, -0.05) is 39.0 Å². The lowest BCUT2D eigenvalue weighted by atomic mass is 9.65. The van der Waals surface area contributed by atoms with E-state index in [1.165, 1.54) is 0 Å². The Labute approximate surface area is 256 Å². The van der Waals surface area contributed by atoms with Gasteiger partial charge >= 0.3 is 11.9 Å². The molecule has 4 aliphatic rings. The van der Waals surface area contributed by atoms with Crippen molar-refractivity contribution < 1.29 is 52.8 Å². The van der Waals surface area contributed by atoms with Crippen molar-refractivity contribution in [1.29, 1.82) is 0 Å². The Hall–Kier alpha value is -2.90. The van der Waals surface area contributed by atoms with Crippen molar-refractivity contribution >= 4 is 17.7 Å². The van der Waals surface area contributed by atoms with Gasteiger partial charge in [-0.15, -0.1) is 10.1 Å². The van der Waals surface area contributed by atoms with E-state index in [2.05, 4.69) is 4.84 Å². The van der Waals surface area contributed by atoms with E-state index in [0.717, 1.165) is 5.57 Å². The summed E-state index contributed by atoms with van der Waals surface area (Å²) in [5.74, 6) is -2.31. The topological polar surface area (TPSA) is 161 Å². The number of carbonyl (C=O) groups excluding carboxylic acids is 3. The van der Waals surface area contributed by atoms with E-state index < -0.39 is 77.6 Å². The molecule has 0 spiro atoms. The van der Waals surface area contributed by atoms with Gasteiger partial charge in [-0.2, -0.15) is 0 Å². The summed E-state index contributed by atoms with van der Waals surface area (Å²) in [6.07, 6.45) is -0.689. The summed E-state index contributed by atoms with van der Waals surface area (Å²) in [4.78, 5) is 53.9. The molecule has 0 saturated carbocycles. The first kappa shape index (κ1) is 34.0. The Bertz CT molecular complexity index is 1160. The van der Waals surface area contributed by atoms with Gasteiger partial charge in [-0.25, -0.2) is 4.39 Å². The zero-order chi connectivity index (χ0) is 32.3. The van der Waals surface area contributed by atoms with Crippen LogP contribution in [0.4, 0.5) is 4.39 Å². The zero-order valence-corrected chi connectivity index (χ0v) is 25.9. The normalized spacial score (nSPS) is 34.4. The number of ether oxygens (including phenoxy) is 4. The predicted molar refractivity (Wildman–Crippen MR) is 152 cm³/mol. The lowest BCUT2D eigenvalue weighted by molar-refractivity contribution is -0.769. The van der Waals surface area contributed by atoms with Crippen LogP contribution in [0.5, 0.6) is 0 Å². The van der Waals surface area contributed by atoms with E-state index in [1.807, 2.05) is 32.1 Å². The molecule has 2 unspecified atom stereocenters. The number of aliphatic hydroxyl groups is 1. The molecule has 2 saturated heterocycles. The third-order valence-electron chi connectivity index (χ3n) is 9.50. The smallest absolute Gasteiger partial charge is 0.312 e. The number of aliphatic hydroxyl groups excluding tert-OH is 1. The third kappa shape index (κ3) is 7.66. The lowest BCUT2D eigenvalue weighted by Crippen LogP contribution is -2.48. The molecule has 13 heteroatoms. The number of carbonyl (C=O) groups is 3. The SMILES string of the molecule is CCC(C)(C)C(=O)O[C@@H]1C(=O)[C@H](C)C=C2C=C[C@H](C)[C@H](CC[C@@H](O)CC(F)CC(=O)O[C@H]3CO[C@H]4[C@@H]3OC[C@@H]4O[N+](=O)[O-])C21. The maximum atomic E-state index is 14.9. The van der Waals surface area contributed by atoms with Gasteiger partial charge in [0.2, 0.25) is 0 Å². The van der Waals surface area contributed by atoms with Gasteiger partial charge in [0.05, 0.1) is 31.2 Å². The number of Topliss-reactive ketones (excluding diaryl/α,β-unsaturated/α-hetero) is 1. The minimum absolute atomic E-state index is 0.0210. The molecule has 0 aromatic heterocycles. The summed E-state index contributed by atoms with van der Waals surface area (Å²) in [5.41, 5.74) is 0.183. The van der Waals surface area contributed by atoms with E-state index in [0.29, 0.717) is 12.8 Å². The molecule has 1 N–H and O–H groups in total. The Balaban J connectivity index is 1.30. The second kappa shape index (κ2) is 14.0. The zero-order valence-electron chi connectivity index (χ0n) is 25.9. The van der Waals surface area contributed by atoms with Gasteiger partial charge in [-0.3, -0.25) is 14.4 Å². The van der Waals surface area contributed by atoms with Gasteiger partial charge in [0.15, 0.2) is 24.1 Å². The van der Waals surface area contributed by atoms with Crippen LogP contribution in [0, 0.1) is 39.2 Å². The summed E-state index contributed by atoms with van der Waals surface area (Å²) >= 11 is 0. The molecule has 11 atom stereocenters. The molecule has 246 valence electrons. The largest absolute Gasteiger partial charge is 0.457 e. The van der Waals surface area contributed by atoms with E-state index in [1.54, 1.807) is 20.8 Å². The number of fused-ring (bicyclic) bond motifs is 2. The first-order valence-electron chi connectivity index (χ1n) is 15.4. The molecule has 2 heterocycles. The molecular weight excluding hydrogens is 581 g/mol. The molecular formula is C31H44FNO11. The molecule has 12 nitrogen and oxygen atoms in total.